The average molecular weight is 141 g/mol. The van der Waals surface area contributed by atoms with Gasteiger partial charge in [-0.05, 0) is 13.5 Å². The van der Waals surface area contributed by atoms with Gasteiger partial charge in [-0.25, -0.2) is 0 Å². The molecular formula is C8H15NO. The summed E-state index contributed by atoms with van der Waals surface area (Å²) in [5.41, 5.74) is 0. The number of terminal acetylenes is 1. The molecule has 0 saturated carbocycles. The average Bonchev–Trinajstić information content (AvgIpc) is 1.99. The smallest absolute Gasteiger partial charge is 0.0921 e. The zero-order valence-electron chi connectivity index (χ0n) is 6.68. The predicted molar refractivity (Wildman–Crippen MR) is 42.8 cm³/mol. The third-order valence-corrected chi connectivity index (χ3v) is 1.18. The molecule has 0 radical (unpaired) electrons. The first kappa shape index (κ1) is 9.48. The number of likely N-dealkylation sites (N-methyl/N-ethyl adjacent to an activating group) is 1. The summed E-state index contributed by atoms with van der Waals surface area (Å²) in [6.45, 7) is 3.48. The van der Waals surface area contributed by atoms with Gasteiger partial charge < -0.3 is 10.1 Å². The molecule has 0 heterocycles. The third kappa shape index (κ3) is 4.37. The molecule has 0 saturated heterocycles. The fourth-order valence-electron chi connectivity index (χ4n) is 0.560. The Morgan fingerprint density at radius 1 is 1.70 bits per heavy atom. The highest BCUT2D eigenvalue weighted by Crippen LogP contribution is 1.84. The minimum Gasteiger partial charge on any atom is -0.379 e. The molecule has 1 atom stereocenters. The molecule has 0 spiro atoms. The van der Waals surface area contributed by atoms with Crippen molar-refractivity contribution in [2.24, 2.45) is 0 Å². The molecule has 58 valence electrons. The first-order chi connectivity index (χ1) is 4.85. The Morgan fingerprint density at radius 3 is 2.80 bits per heavy atom. The van der Waals surface area contributed by atoms with Gasteiger partial charge in [-0.1, -0.05) is 12.8 Å². The minimum absolute atomic E-state index is 0.0616. The fourth-order valence-corrected chi connectivity index (χ4v) is 0.560. The zero-order valence-corrected chi connectivity index (χ0v) is 6.68. The first-order valence-corrected chi connectivity index (χ1v) is 3.56. The van der Waals surface area contributed by atoms with Crippen LogP contribution in [-0.2, 0) is 4.74 Å². The van der Waals surface area contributed by atoms with E-state index < -0.39 is 0 Å². The van der Waals surface area contributed by atoms with Crippen LogP contribution in [0.15, 0.2) is 0 Å². The minimum atomic E-state index is 0.0616. The molecule has 0 bridgehead atoms. The van der Waals surface area contributed by atoms with Gasteiger partial charge in [0.25, 0.3) is 0 Å². The quantitative estimate of drug-likeness (QED) is 0.448. The van der Waals surface area contributed by atoms with E-state index in [1.165, 1.54) is 0 Å². The second-order valence-electron chi connectivity index (χ2n) is 2.08. The topological polar surface area (TPSA) is 21.3 Å². The van der Waals surface area contributed by atoms with Crippen molar-refractivity contribution in [3.8, 4) is 12.3 Å². The van der Waals surface area contributed by atoms with E-state index in [0.29, 0.717) is 6.61 Å². The molecule has 0 aromatic heterocycles. The van der Waals surface area contributed by atoms with Crippen molar-refractivity contribution in [2.45, 2.75) is 19.4 Å². The Balaban J connectivity index is 3.20. The van der Waals surface area contributed by atoms with E-state index in [0.717, 1.165) is 13.0 Å². The molecule has 1 N–H and O–H groups in total. The molecule has 0 aliphatic heterocycles. The fraction of sp³-hybridized carbons (Fsp3) is 0.750. The zero-order chi connectivity index (χ0) is 7.82. The van der Waals surface area contributed by atoms with Crippen LogP contribution in [0.3, 0.4) is 0 Å². The number of hydrogen-bond donors (Lipinski definition) is 1. The first-order valence-electron chi connectivity index (χ1n) is 3.56. The van der Waals surface area contributed by atoms with Crippen LogP contribution in [0.5, 0.6) is 0 Å². The van der Waals surface area contributed by atoms with E-state index in [2.05, 4.69) is 18.2 Å². The van der Waals surface area contributed by atoms with Gasteiger partial charge in [0.2, 0.25) is 0 Å². The molecule has 0 fully saturated rings. The van der Waals surface area contributed by atoms with Crippen molar-refractivity contribution >= 4 is 0 Å². The van der Waals surface area contributed by atoms with Crippen LogP contribution in [0.2, 0.25) is 0 Å². The maximum absolute atomic E-state index is 5.22. The molecule has 0 amide bonds. The molecule has 0 aromatic rings. The molecule has 0 aliphatic rings. The Labute approximate surface area is 63.0 Å². The van der Waals surface area contributed by atoms with Crippen LogP contribution < -0.4 is 5.32 Å². The summed E-state index contributed by atoms with van der Waals surface area (Å²) in [7, 11) is 1.83. The summed E-state index contributed by atoms with van der Waals surface area (Å²) in [6.07, 6.45) is 6.22. The van der Waals surface area contributed by atoms with Gasteiger partial charge in [0.1, 0.15) is 0 Å². The maximum atomic E-state index is 5.22. The van der Waals surface area contributed by atoms with E-state index in [9.17, 15) is 0 Å². The summed E-state index contributed by atoms with van der Waals surface area (Å²) < 4.78 is 5.22. The lowest BCUT2D eigenvalue weighted by Crippen LogP contribution is -2.28. The van der Waals surface area contributed by atoms with Crippen LogP contribution in [-0.4, -0.2) is 26.3 Å². The van der Waals surface area contributed by atoms with Crippen molar-refractivity contribution in [1.82, 2.24) is 5.32 Å². The highest BCUT2D eigenvalue weighted by molar-refractivity contribution is 4.97. The Hall–Kier alpha value is -0.520. The normalized spacial score (nSPS) is 12.5. The van der Waals surface area contributed by atoms with E-state index in [1.807, 2.05) is 7.05 Å². The molecule has 0 rings (SSSR count). The molecular weight excluding hydrogens is 126 g/mol. The van der Waals surface area contributed by atoms with Crippen LogP contribution >= 0.6 is 0 Å². The van der Waals surface area contributed by atoms with Gasteiger partial charge in [-0.15, -0.1) is 6.42 Å². The summed E-state index contributed by atoms with van der Waals surface area (Å²) in [5, 5.41) is 2.95. The van der Waals surface area contributed by atoms with Crippen molar-refractivity contribution < 1.29 is 4.74 Å². The van der Waals surface area contributed by atoms with Gasteiger partial charge in [-0.2, -0.15) is 0 Å². The van der Waals surface area contributed by atoms with Crippen molar-refractivity contribution in [3.05, 3.63) is 0 Å². The van der Waals surface area contributed by atoms with Crippen molar-refractivity contribution in [1.29, 1.82) is 0 Å². The maximum Gasteiger partial charge on any atom is 0.0921 e. The summed E-state index contributed by atoms with van der Waals surface area (Å²) in [6, 6.07) is 0.0616. The Kier molecular flexibility index (Phi) is 6.25. The van der Waals surface area contributed by atoms with Crippen molar-refractivity contribution in [2.75, 3.05) is 20.3 Å². The second kappa shape index (κ2) is 6.60. The van der Waals surface area contributed by atoms with Gasteiger partial charge in [-0.3, -0.25) is 0 Å². The van der Waals surface area contributed by atoms with E-state index in [4.69, 9.17) is 11.2 Å². The number of ether oxygens (including phenoxy) is 1. The van der Waals surface area contributed by atoms with E-state index in [1.54, 1.807) is 0 Å². The lowest BCUT2D eigenvalue weighted by Gasteiger charge is -2.08. The predicted octanol–water partition coefficient (Wildman–Crippen LogP) is 0.634. The van der Waals surface area contributed by atoms with Crippen LogP contribution in [0.25, 0.3) is 0 Å². The standard InChI is InChI=1S/C8H15NO/c1-4-6-10-7-8(5-2)9-3/h2,8-9H,4,6-7H2,1,3H3. The summed E-state index contributed by atoms with van der Waals surface area (Å²) >= 11 is 0. The van der Waals surface area contributed by atoms with Crippen LogP contribution in [0, 0.1) is 12.3 Å². The number of nitrogens with one attached hydrogen (secondary N) is 1. The highest BCUT2D eigenvalue weighted by Gasteiger charge is 1.98. The Morgan fingerprint density at radius 2 is 2.40 bits per heavy atom. The SMILES string of the molecule is C#CC(COCCC)NC. The monoisotopic (exact) mass is 141 g/mol. The lowest BCUT2D eigenvalue weighted by molar-refractivity contribution is 0.126. The van der Waals surface area contributed by atoms with Gasteiger partial charge in [0, 0.05) is 6.61 Å². The molecule has 0 aromatic carbocycles. The largest absolute Gasteiger partial charge is 0.379 e. The van der Waals surface area contributed by atoms with Gasteiger partial charge in [0.15, 0.2) is 0 Å². The third-order valence-electron chi connectivity index (χ3n) is 1.18. The van der Waals surface area contributed by atoms with Gasteiger partial charge >= 0.3 is 0 Å². The van der Waals surface area contributed by atoms with Crippen LogP contribution in [0.1, 0.15) is 13.3 Å². The molecule has 1 unspecified atom stereocenters. The summed E-state index contributed by atoms with van der Waals surface area (Å²) in [5.74, 6) is 2.57. The molecule has 10 heavy (non-hydrogen) atoms. The van der Waals surface area contributed by atoms with E-state index >= 15 is 0 Å². The van der Waals surface area contributed by atoms with Crippen LogP contribution in [0.4, 0.5) is 0 Å². The highest BCUT2D eigenvalue weighted by atomic mass is 16.5. The molecule has 0 aliphatic carbocycles. The molecule has 2 nitrogen and oxygen atoms in total. The number of rotatable bonds is 5. The number of hydrogen-bond acceptors (Lipinski definition) is 2. The molecule has 2 heteroatoms. The lowest BCUT2D eigenvalue weighted by atomic mass is 10.3. The second-order valence-corrected chi connectivity index (χ2v) is 2.08. The van der Waals surface area contributed by atoms with Gasteiger partial charge in [0.05, 0.1) is 12.6 Å². The van der Waals surface area contributed by atoms with Crippen molar-refractivity contribution in [3.63, 3.8) is 0 Å². The van der Waals surface area contributed by atoms with E-state index in [-0.39, 0.29) is 6.04 Å². The Bertz CT molecular complexity index is 106. The summed E-state index contributed by atoms with van der Waals surface area (Å²) in [4.78, 5) is 0.